The van der Waals surface area contributed by atoms with Crippen LogP contribution < -0.4 is 0 Å². The maximum absolute atomic E-state index is 5.07. The molecular weight excluding hydrogens is 112 g/mol. The van der Waals surface area contributed by atoms with E-state index in [1.807, 2.05) is 0 Å². The third-order valence-corrected chi connectivity index (χ3v) is 2.52. The van der Waals surface area contributed by atoms with Gasteiger partial charge in [0, 0.05) is 13.7 Å². The molecule has 0 amide bonds. The topological polar surface area (TPSA) is 9.23 Å². The van der Waals surface area contributed by atoms with E-state index in [1.54, 1.807) is 7.11 Å². The van der Waals surface area contributed by atoms with E-state index in [2.05, 4.69) is 12.2 Å². The lowest BCUT2D eigenvalue weighted by molar-refractivity contribution is 0.178. The van der Waals surface area contributed by atoms with E-state index in [0.29, 0.717) is 0 Å². The lowest BCUT2D eigenvalue weighted by Gasteiger charge is -1.95. The molecule has 0 saturated heterocycles. The summed E-state index contributed by atoms with van der Waals surface area (Å²) in [5.74, 6) is 2.73. The number of hydrogen-bond acceptors (Lipinski definition) is 1. The van der Waals surface area contributed by atoms with E-state index in [9.17, 15) is 0 Å². The highest BCUT2D eigenvalue weighted by molar-refractivity contribution is 5.16. The zero-order valence-electron chi connectivity index (χ0n) is 5.71. The maximum Gasteiger partial charge on any atom is 0.0499 e. The van der Waals surface area contributed by atoms with Gasteiger partial charge in [-0.15, -0.1) is 0 Å². The van der Waals surface area contributed by atoms with Gasteiger partial charge in [0.25, 0.3) is 0 Å². The molecule has 0 aliphatic heterocycles. The third kappa shape index (κ3) is 0.715. The second-order valence-corrected chi connectivity index (χ2v) is 3.02. The van der Waals surface area contributed by atoms with Crippen molar-refractivity contribution in [2.45, 2.75) is 6.42 Å². The van der Waals surface area contributed by atoms with Crippen molar-refractivity contribution in [1.82, 2.24) is 0 Å². The molecule has 3 atom stereocenters. The number of rotatable bonds is 2. The van der Waals surface area contributed by atoms with Gasteiger partial charge in [-0.3, -0.25) is 0 Å². The molecule has 9 heavy (non-hydrogen) atoms. The van der Waals surface area contributed by atoms with Crippen LogP contribution in [-0.2, 0) is 4.74 Å². The molecule has 0 aromatic rings. The van der Waals surface area contributed by atoms with E-state index in [4.69, 9.17) is 4.74 Å². The van der Waals surface area contributed by atoms with Crippen molar-refractivity contribution < 1.29 is 4.74 Å². The third-order valence-electron chi connectivity index (χ3n) is 2.52. The fourth-order valence-corrected chi connectivity index (χ4v) is 1.91. The molecule has 2 aliphatic rings. The molecular formula is C8H12O. The first kappa shape index (κ1) is 5.48. The minimum atomic E-state index is 0.875. The van der Waals surface area contributed by atoms with Crippen molar-refractivity contribution in [2.24, 2.45) is 17.8 Å². The Kier molecular flexibility index (Phi) is 1.12. The number of methoxy groups -OCH3 is 1. The van der Waals surface area contributed by atoms with Crippen molar-refractivity contribution in [3.63, 3.8) is 0 Å². The zero-order valence-corrected chi connectivity index (χ0v) is 5.71. The average molecular weight is 124 g/mol. The molecule has 3 unspecified atom stereocenters. The standard InChI is InChI=1S/C8H12O/c1-9-5-8-6-3-2-4-7(6)8/h2-3,6-8H,4-5H2,1H3. The van der Waals surface area contributed by atoms with Crippen molar-refractivity contribution in [2.75, 3.05) is 13.7 Å². The molecule has 2 rings (SSSR count). The van der Waals surface area contributed by atoms with Crippen LogP contribution >= 0.6 is 0 Å². The molecule has 0 radical (unpaired) electrons. The van der Waals surface area contributed by atoms with E-state index < -0.39 is 0 Å². The van der Waals surface area contributed by atoms with Crippen molar-refractivity contribution in [3.8, 4) is 0 Å². The highest BCUT2D eigenvalue weighted by atomic mass is 16.5. The smallest absolute Gasteiger partial charge is 0.0499 e. The van der Waals surface area contributed by atoms with Crippen LogP contribution in [0.5, 0.6) is 0 Å². The Morgan fingerprint density at radius 3 is 3.11 bits per heavy atom. The summed E-state index contributed by atoms with van der Waals surface area (Å²) in [5, 5.41) is 0. The molecule has 0 heterocycles. The molecule has 0 N–H and O–H groups in total. The van der Waals surface area contributed by atoms with Gasteiger partial charge in [0.1, 0.15) is 0 Å². The molecule has 2 aliphatic carbocycles. The fraction of sp³-hybridized carbons (Fsp3) is 0.750. The van der Waals surface area contributed by atoms with E-state index in [0.717, 1.165) is 24.4 Å². The van der Waals surface area contributed by atoms with Crippen molar-refractivity contribution in [3.05, 3.63) is 12.2 Å². The predicted molar refractivity (Wildman–Crippen MR) is 36.1 cm³/mol. The van der Waals surface area contributed by atoms with Crippen LogP contribution in [0.3, 0.4) is 0 Å². The Morgan fingerprint density at radius 1 is 1.67 bits per heavy atom. The summed E-state index contributed by atoms with van der Waals surface area (Å²) in [7, 11) is 1.79. The lowest BCUT2D eigenvalue weighted by atomic mass is 10.2. The van der Waals surface area contributed by atoms with Crippen LogP contribution in [-0.4, -0.2) is 13.7 Å². The normalized spacial score (nSPS) is 45.2. The molecule has 1 nitrogen and oxygen atoms in total. The van der Waals surface area contributed by atoms with Gasteiger partial charge in [0.05, 0.1) is 0 Å². The van der Waals surface area contributed by atoms with Crippen molar-refractivity contribution in [1.29, 1.82) is 0 Å². The fourth-order valence-electron chi connectivity index (χ4n) is 1.91. The molecule has 1 saturated carbocycles. The summed E-state index contributed by atoms with van der Waals surface area (Å²) >= 11 is 0. The van der Waals surface area contributed by atoms with Crippen LogP contribution in [0.4, 0.5) is 0 Å². The van der Waals surface area contributed by atoms with Gasteiger partial charge < -0.3 is 4.74 Å². The highest BCUT2D eigenvalue weighted by Crippen LogP contribution is 2.53. The summed E-state index contributed by atoms with van der Waals surface area (Å²) in [5.41, 5.74) is 0. The monoisotopic (exact) mass is 124 g/mol. The molecule has 0 aromatic heterocycles. The van der Waals surface area contributed by atoms with Gasteiger partial charge in [-0.25, -0.2) is 0 Å². The summed E-state index contributed by atoms with van der Waals surface area (Å²) in [6.07, 6.45) is 5.94. The van der Waals surface area contributed by atoms with E-state index in [-0.39, 0.29) is 0 Å². The Labute approximate surface area is 55.7 Å². The Hall–Kier alpha value is -0.300. The first-order valence-corrected chi connectivity index (χ1v) is 3.59. The first-order chi connectivity index (χ1) is 4.43. The number of hydrogen-bond donors (Lipinski definition) is 0. The number of ether oxygens (including phenoxy) is 1. The van der Waals surface area contributed by atoms with Gasteiger partial charge in [0.15, 0.2) is 0 Å². The minimum absolute atomic E-state index is 0.875. The summed E-state index contributed by atoms with van der Waals surface area (Å²) < 4.78 is 5.07. The van der Waals surface area contributed by atoms with Gasteiger partial charge in [-0.1, -0.05) is 12.2 Å². The van der Waals surface area contributed by atoms with Crippen LogP contribution in [0.25, 0.3) is 0 Å². The van der Waals surface area contributed by atoms with E-state index >= 15 is 0 Å². The average Bonchev–Trinajstić information content (AvgIpc) is 2.39. The molecule has 1 heteroatoms. The van der Waals surface area contributed by atoms with Gasteiger partial charge in [-0.05, 0) is 24.2 Å². The van der Waals surface area contributed by atoms with Gasteiger partial charge >= 0.3 is 0 Å². The van der Waals surface area contributed by atoms with Crippen LogP contribution in [0, 0.1) is 17.8 Å². The summed E-state index contributed by atoms with van der Waals surface area (Å²) in [6.45, 7) is 0.972. The quantitative estimate of drug-likeness (QED) is 0.506. The summed E-state index contributed by atoms with van der Waals surface area (Å²) in [6, 6.07) is 0. The first-order valence-electron chi connectivity index (χ1n) is 3.59. The predicted octanol–water partition coefficient (Wildman–Crippen LogP) is 1.45. The molecule has 0 spiro atoms. The Balaban J connectivity index is 1.87. The van der Waals surface area contributed by atoms with Crippen LogP contribution in [0.1, 0.15) is 6.42 Å². The second kappa shape index (κ2) is 1.84. The van der Waals surface area contributed by atoms with Crippen LogP contribution in [0.15, 0.2) is 12.2 Å². The second-order valence-electron chi connectivity index (χ2n) is 3.02. The lowest BCUT2D eigenvalue weighted by Crippen LogP contribution is -1.94. The zero-order chi connectivity index (χ0) is 6.27. The largest absolute Gasteiger partial charge is 0.384 e. The number of allylic oxidation sites excluding steroid dienone is 2. The Morgan fingerprint density at radius 2 is 2.56 bits per heavy atom. The van der Waals surface area contributed by atoms with Gasteiger partial charge in [0.2, 0.25) is 0 Å². The van der Waals surface area contributed by atoms with Gasteiger partial charge in [-0.2, -0.15) is 0 Å². The highest BCUT2D eigenvalue weighted by Gasteiger charge is 2.49. The molecule has 50 valence electrons. The summed E-state index contributed by atoms with van der Waals surface area (Å²) in [4.78, 5) is 0. The van der Waals surface area contributed by atoms with Crippen molar-refractivity contribution >= 4 is 0 Å². The maximum atomic E-state index is 5.07. The minimum Gasteiger partial charge on any atom is -0.384 e. The Bertz CT molecular complexity index is 140. The van der Waals surface area contributed by atoms with E-state index in [1.165, 1.54) is 6.42 Å². The molecule has 1 fully saturated rings. The molecule has 0 bridgehead atoms. The SMILES string of the molecule is COCC1C2C=CCC21. The number of fused-ring (bicyclic) bond motifs is 1. The molecule has 0 aromatic carbocycles. The van der Waals surface area contributed by atoms with Crippen LogP contribution in [0.2, 0.25) is 0 Å².